The van der Waals surface area contributed by atoms with Gasteiger partial charge in [0.2, 0.25) is 11.6 Å². The van der Waals surface area contributed by atoms with Crippen LogP contribution in [0.3, 0.4) is 0 Å². The van der Waals surface area contributed by atoms with E-state index in [-0.39, 0.29) is 39.4 Å². The number of para-hydroxylation sites is 2. The fraction of sp³-hybridized carbons (Fsp3) is 0.286. The molecular weight excluding hydrogens is 518 g/mol. The molecule has 0 unspecified atom stereocenters. The minimum absolute atomic E-state index is 0.0254. The smallest absolute Gasteiger partial charge is 0.263 e. The molecule has 4 rings (SSSR count). The van der Waals surface area contributed by atoms with Crippen molar-refractivity contribution in [3.05, 3.63) is 72.6 Å². The molecule has 0 radical (unpaired) electrons. The van der Waals surface area contributed by atoms with Gasteiger partial charge in [-0.2, -0.15) is 4.98 Å². The molecule has 11 heteroatoms. The van der Waals surface area contributed by atoms with Crippen molar-refractivity contribution in [1.29, 1.82) is 0 Å². The van der Waals surface area contributed by atoms with Gasteiger partial charge in [-0.15, -0.1) is 0 Å². The zero-order valence-corrected chi connectivity index (χ0v) is 23.3. The molecule has 2 heterocycles. The summed E-state index contributed by atoms with van der Waals surface area (Å²) in [4.78, 5) is 17.4. The second-order valence-electron chi connectivity index (χ2n) is 9.58. The van der Waals surface area contributed by atoms with Gasteiger partial charge < -0.3 is 14.2 Å². The molecule has 0 amide bonds. The molecular formula is C28H31N5O5S. The molecule has 0 aliphatic heterocycles. The highest BCUT2D eigenvalue weighted by Crippen LogP contribution is 2.41. The maximum absolute atomic E-state index is 13.5. The highest BCUT2D eigenvalue weighted by Gasteiger charge is 2.26. The quantitative estimate of drug-likeness (QED) is 0.268. The summed E-state index contributed by atoms with van der Waals surface area (Å²) in [5.74, 6) is 0.880. The summed E-state index contributed by atoms with van der Waals surface area (Å²) in [6.45, 7) is 8.41. The summed E-state index contributed by atoms with van der Waals surface area (Å²) in [5, 5.41) is 0. The Labute approximate surface area is 228 Å². The summed E-state index contributed by atoms with van der Waals surface area (Å²) in [7, 11) is -2.58. The monoisotopic (exact) mass is 549 g/mol. The van der Waals surface area contributed by atoms with Gasteiger partial charge in [0.1, 0.15) is 0 Å². The minimum atomic E-state index is -4.09. The van der Waals surface area contributed by atoms with Gasteiger partial charge in [-0.05, 0) is 47.7 Å². The van der Waals surface area contributed by atoms with Gasteiger partial charge in [-0.25, -0.2) is 23.4 Å². The lowest BCUT2D eigenvalue weighted by Gasteiger charge is -2.20. The Bertz CT molecular complexity index is 1520. The van der Waals surface area contributed by atoms with E-state index in [4.69, 9.17) is 14.2 Å². The highest BCUT2D eigenvalue weighted by molar-refractivity contribution is 7.92. The zero-order valence-electron chi connectivity index (χ0n) is 22.5. The molecule has 0 fully saturated rings. The van der Waals surface area contributed by atoms with Crippen molar-refractivity contribution in [3.8, 4) is 34.8 Å². The molecule has 0 atom stereocenters. The molecule has 4 aromatic rings. The molecule has 2 aromatic heterocycles. The van der Waals surface area contributed by atoms with E-state index in [0.717, 1.165) is 5.56 Å². The minimum Gasteiger partial charge on any atom is -0.493 e. The van der Waals surface area contributed by atoms with Gasteiger partial charge in [0.15, 0.2) is 23.1 Å². The average Bonchev–Trinajstić information content (AvgIpc) is 2.93. The molecule has 0 aliphatic rings. The van der Waals surface area contributed by atoms with E-state index in [1.54, 1.807) is 54.6 Å². The molecule has 0 spiro atoms. The van der Waals surface area contributed by atoms with Gasteiger partial charge in [0.05, 0.1) is 18.6 Å². The van der Waals surface area contributed by atoms with Crippen molar-refractivity contribution in [2.45, 2.75) is 44.4 Å². The Morgan fingerprint density at radius 3 is 2.15 bits per heavy atom. The number of nitrogens with one attached hydrogen (secondary N) is 1. The first-order valence-electron chi connectivity index (χ1n) is 12.4. The molecule has 0 aliphatic carbocycles. The lowest BCUT2D eigenvalue weighted by Crippen LogP contribution is -2.17. The van der Waals surface area contributed by atoms with Crippen LogP contribution in [0.25, 0.3) is 11.6 Å². The first kappa shape index (κ1) is 27.8. The number of nitrogens with zero attached hydrogens (tertiary/aromatic N) is 4. The molecule has 204 valence electrons. The largest absolute Gasteiger partial charge is 0.493 e. The van der Waals surface area contributed by atoms with Gasteiger partial charge >= 0.3 is 0 Å². The Balaban J connectivity index is 1.85. The van der Waals surface area contributed by atoms with Crippen molar-refractivity contribution in [1.82, 2.24) is 19.9 Å². The van der Waals surface area contributed by atoms with Crippen LogP contribution in [0.5, 0.6) is 23.1 Å². The van der Waals surface area contributed by atoms with Crippen LogP contribution in [0.4, 0.5) is 5.82 Å². The van der Waals surface area contributed by atoms with Gasteiger partial charge in [-0.1, -0.05) is 52.0 Å². The van der Waals surface area contributed by atoms with Crippen molar-refractivity contribution >= 4 is 15.8 Å². The summed E-state index contributed by atoms with van der Waals surface area (Å²) < 4.78 is 47.1. The normalized spacial score (nSPS) is 11.6. The average molecular weight is 550 g/mol. The maximum atomic E-state index is 13.5. The molecule has 2 aromatic carbocycles. The van der Waals surface area contributed by atoms with Gasteiger partial charge in [0.25, 0.3) is 15.9 Å². The van der Waals surface area contributed by atoms with Crippen LogP contribution >= 0.6 is 0 Å². The number of benzene rings is 2. The van der Waals surface area contributed by atoms with E-state index in [1.165, 1.54) is 19.5 Å². The van der Waals surface area contributed by atoms with Crippen molar-refractivity contribution < 1.29 is 22.6 Å². The van der Waals surface area contributed by atoms with Crippen LogP contribution in [0.1, 0.15) is 39.7 Å². The second kappa shape index (κ2) is 11.6. The first-order valence-corrected chi connectivity index (χ1v) is 13.9. The number of methoxy groups -OCH3 is 1. The standard InChI is InChI=1S/C28H31N5O5S/c1-6-18-37-27-23(38-22-11-8-7-10-21(22)36-5)24(31-26(32-27)25-29-16-9-17-30-25)33-39(34,35)20-14-12-19(13-15-20)28(2,3)4/h7-17H,6,18H2,1-5H3,(H,31,32,33). The third-order valence-electron chi connectivity index (χ3n) is 5.59. The third kappa shape index (κ3) is 6.61. The number of hydrogen-bond donors (Lipinski definition) is 1. The first-order chi connectivity index (χ1) is 18.6. The summed E-state index contributed by atoms with van der Waals surface area (Å²) in [6, 6.07) is 15.3. The molecule has 39 heavy (non-hydrogen) atoms. The number of hydrogen-bond acceptors (Lipinski definition) is 9. The van der Waals surface area contributed by atoms with Crippen LogP contribution in [-0.2, 0) is 15.4 Å². The summed E-state index contributed by atoms with van der Waals surface area (Å²) >= 11 is 0. The van der Waals surface area contributed by atoms with Crippen LogP contribution in [0.15, 0.2) is 71.9 Å². The van der Waals surface area contributed by atoms with E-state index < -0.39 is 10.0 Å². The summed E-state index contributed by atoms with van der Waals surface area (Å²) in [6.07, 6.45) is 3.76. The van der Waals surface area contributed by atoms with E-state index in [1.807, 2.05) is 6.92 Å². The third-order valence-corrected chi connectivity index (χ3v) is 6.94. The SMILES string of the molecule is CCCOc1nc(-c2ncccn2)nc(NS(=O)(=O)c2ccc(C(C)(C)C)cc2)c1Oc1ccccc1OC. The van der Waals surface area contributed by atoms with Crippen LogP contribution in [0, 0.1) is 0 Å². The van der Waals surface area contributed by atoms with E-state index in [0.29, 0.717) is 24.5 Å². The predicted octanol–water partition coefficient (Wildman–Crippen LogP) is 5.62. The van der Waals surface area contributed by atoms with Crippen LogP contribution in [-0.4, -0.2) is 42.1 Å². The number of ether oxygens (including phenoxy) is 3. The number of anilines is 1. The molecule has 0 saturated carbocycles. The second-order valence-corrected chi connectivity index (χ2v) is 11.3. The topological polar surface area (TPSA) is 125 Å². The van der Waals surface area contributed by atoms with Crippen LogP contribution in [0.2, 0.25) is 0 Å². The number of aromatic nitrogens is 4. The van der Waals surface area contributed by atoms with Gasteiger partial charge in [-0.3, -0.25) is 4.72 Å². The van der Waals surface area contributed by atoms with E-state index >= 15 is 0 Å². The number of sulfonamides is 1. The van der Waals surface area contributed by atoms with Crippen molar-refractivity contribution in [3.63, 3.8) is 0 Å². The molecule has 0 bridgehead atoms. The lowest BCUT2D eigenvalue weighted by molar-refractivity contribution is 0.287. The zero-order chi connectivity index (χ0) is 28.0. The highest BCUT2D eigenvalue weighted by atomic mass is 32.2. The summed E-state index contributed by atoms with van der Waals surface area (Å²) in [5.41, 5.74) is 0.872. The van der Waals surface area contributed by atoms with Gasteiger partial charge in [0, 0.05) is 12.4 Å². The van der Waals surface area contributed by atoms with E-state index in [9.17, 15) is 8.42 Å². The fourth-order valence-electron chi connectivity index (χ4n) is 3.54. The maximum Gasteiger partial charge on any atom is 0.263 e. The predicted molar refractivity (Wildman–Crippen MR) is 148 cm³/mol. The Morgan fingerprint density at radius 2 is 1.54 bits per heavy atom. The number of rotatable bonds is 10. The Hall–Kier alpha value is -4.25. The molecule has 1 N–H and O–H groups in total. The lowest BCUT2D eigenvalue weighted by atomic mass is 9.87. The molecule has 0 saturated heterocycles. The Morgan fingerprint density at radius 1 is 0.872 bits per heavy atom. The van der Waals surface area contributed by atoms with Crippen LogP contribution < -0.4 is 18.9 Å². The molecule has 10 nitrogen and oxygen atoms in total. The van der Waals surface area contributed by atoms with E-state index in [2.05, 4.69) is 45.4 Å². The van der Waals surface area contributed by atoms with Crippen molar-refractivity contribution in [2.75, 3.05) is 18.4 Å². The Kier molecular flexibility index (Phi) is 8.29. The fourth-order valence-corrected chi connectivity index (χ4v) is 4.54. The van der Waals surface area contributed by atoms with Crippen molar-refractivity contribution in [2.24, 2.45) is 0 Å².